The number of carbonyl (C=O) groups excluding carboxylic acids is 1. The summed E-state index contributed by atoms with van der Waals surface area (Å²) in [4.78, 5) is 14.9. The molecule has 1 aliphatic rings. The Morgan fingerprint density at radius 1 is 1.14 bits per heavy atom. The van der Waals surface area contributed by atoms with Crippen LogP contribution >= 0.6 is 0 Å². The largest absolute Gasteiger partial charge is 0.480 e. The third-order valence-electron chi connectivity index (χ3n) is 5.27. The highest BCUT2D eigenvalue weighted by molar-refractivity contribution is 5.81. The second-order valence-electron chi connectivity index (χ2n) is 7.20. The highest BCUT2D eigenvalue weighted by atomic mass is 16.5. The van der Waals surface area contributed by atoms with Crippen LogP contribution in [0.2, 0.25) is 0 Å². The van der Waals surface area contributed by atoms with Gasteiger partial charge in [-0.15, -0.1) is 0 Å². The Hall–Kier alpha value is -2.53. The summed E-state index contributed by atoms with van der Waals surface area (Å²) in [6.45, 7) is 9.91. The molecule has 1 unspecified atom stereocenters. The van der Waals surface area contributed by atoms with E-state index in [1.165, 1.54) is 5.69 Å². The number of anilines is 1. The molecular formula is C23H30N2O3. The van der Waals surface area contributed by atoms with Crippen LogP contribution in [0.15, 0.2) is 42.5 Å². The fraction of sp³-hybridized carbons (Fsp3) is 0.435. The van der Waals surface area contributed by atoms with E-state index in [1.54, 1.807) is 0 Å². The van der Waals surface area contributed by atoms with E-state index < -0.39 is 6.10 Å². The van der Waals surface area contributed by atoms with Gasteiger partial charge in [-0.1, -0.05) is 31.2 Å². The Labute approximate surface area is 167 Å². The number of hydrogen-bond acceptors (Lipinski definition) is 4. The van der Waals surface area contributed by atoms with Gasteiger partial charge in [-0.3, -0.25) is 4.79 Å². The lowest BCUT2D eigenvalue weighted by atomic mass is 10.1. The summed E-state index contributed by atoms with van der Waals surface area (Å²) in [5.41, 5.74) is 4.51. The molecule has 1 N–H and O–H groups in total. The second-order valence-corrected chi connectivity index (χ2v) is 7.20. The zero-order chi connectivity index (χ0) is 19.9. The molecule has 2 aromatic carbocycles. The van der Waals surface area contributed by atoms with Gasteiger partial charge in [-0.2, -0.15) is 0 Å². The first-order chi connectivity index (χ1) is 13.6. The molecule has 1 amide bonds. The van der Waals surface area contributed by atoms with Crippen LogP contribution < -0.4 is 15.0 Å². The second kappa shape index (κ2) is 9.60. The number of ether oxygens (including phenoxy) is 2. The van der Waals surface area contributed by atoms with Crippen molar-refractivity contribution in [2.45, 2.75) is 39.8 Å². The van der Waals surface area contributed by atoms with Crippen LogP contribution in [-0.2, 0) is 16.1 Å². The van der Waals surface area contributed by atoms with Gasteiger partial charge in [0, 0.05) is 25.3 Å². The van der Waals surface area contributed by atoms with Gasteiger partial charge in [0.25, 0.3) is 5.91 Å². The van der Waals surface area contributed by atoms with Crippen LogP contribution in [0.4, 0.5) is 5.69 Å². The van der Waals surface area contributed by atoms with Crippen molar-refractivity contribution in [3.63, 3.8) is 0 Å². The molecule has 1 saturated heterocycles. The molecule has 150 valence electrons. The highest BCUT2D eigenvalue weighted by Gasteiger charge is 2.19. The summed E-state index contributed by atoms with van der Waals surface area (Å²) in [5, 5.41) is 3.01. The van der Waals surface area contributed by atoms with Gasteiger partial charge in [0.2, 0.25) is 0 Å². The van der Waals surface area contributed by atoms with Crippen LogP contribution in [0.1, 0.15) is 30.0 Å². The number of benzene rings is 2. The van der Waals surface area contributed by atoms with Crippen LogP contribution in [0.3, 0.4) is 0 Å². The molecule has 0 aromatic heterocycles. The number of nitrogens with one attached hydrogen (secondary N) is 1. The first-order valence-corrected chi connectivity index (χ1v) is 10.0. The molecule has 2 aromatic rings. The van der Waals surface area contributed by atoms with Crippen molar-refractivity contribution in [2.75, 3.05) is 31.2 Å². The Bertz CT molecular complexity index is 783. The predicted molar refractivity (Wildman–Crippen MR) is 112 cm³/mol. The van der Waals surface area contributed by atoms with E-state index in [0.717, 1.165) is 48.7 Å². The highest BCUT2D eigenvalue weighted by Crippen LogP contribution is 2.22. The zero-order valence-corrected chi connectivity index (χ0v) is 17.0. The van der Waals surface area contributed by atoms with Gasteiger partial charge in [0.15, 0.2) is 6.10 Å². The number of aryl methyl sites for hydroxylation is 1. The summed E-state index contributed by atoms with van der Waals surface area (Å²) >= 11 is 0. The minimum Gasteiger partial charge on any atom is -0.480 e. The monoisotopic (exact) mass is 382 g/mol. The van der Waals surface area contributed by atoms with E-state index in [4.69, 9.17) is 9.47 Å². The first-order valence-electron chi connectivity index (χ1n) is 10.0. The number of amides is 1. The maximum atomic E-state index is 12.6. The average molecular weight is 383 g/mol. The van der Waals surface area contributed by atoms with E-state index in [-0.39, 0.29) is 5.91 Å². The lowest BCUT2D eigenvalue weighted by molar-refractivity contribution is -0.128. The molecule has 5 nitrogen and oxygen atoms in total. The normalized spacial score (nSPS) is 15.2. The topological polar surface area (TPSA) is 50.8 Å². The van der Waals surface area contributed by atoms with Crippen LogP contribution in [0, 0.1) is 13.8 Å². The predicted octanol–water partition coefficient (Wildman–Crippen LogP) is 3.61. The summed E-state index contributed by atoms with van der Waals surface area (Å²) in [7, 11) is 0. The van der Waals surface area contributed by atoms with Gasteiger partial charge in [0.1, 0.15) is 5.75 Å². The summed E-state index contributed by atoms with van der Waals surface area (Å²) in [6, 6.07) is 14.3. The third-order valence-corrected chi connectivity index (χ3v) is 5.27. The molecule has 1 aliphatic heterocycles. The van der Waals surface area contributed by atoms with Crippen LogP contribution in [0.5, 0.6) is 5.75 Å². The van der Waals surface area contributed by atoms with Gasteiger partial charge in [-0.25, -0.2) is 0 Å². The molecule has 1 fully saturated rings. The van der Waals surface area contributed by atoms with E-state index in [0.29, 0.717) is 13.0 Å². The van der Waals surface area contributed by atoms with E-state index >= 15 is 0 Å². The minimum atomic E-state index is -0.492. The maximum absolute atomic E-state index is 12.6. The Balaban J connectivity index is 1.55. The van der Waals surface area contributed by atoms with Gasteiger partial charge in [0.05, 0.1) is 13.2 Å². The molecule has 3 rings (SSSR count). The van der Waals surface area contributed by atoms with Crippen molar-refractivity contribution in [1.29, 1.82) is 0 Å². The van der Waals surface area contributed by atoms with Crippen molar-refractivity contribution in [1.82, 2.24) is 5.32 Å². The van der Waals surface area contributed by atoms with E-state index in [9.17, 15) is 4.79 Å². The summed E-state index contributed by atoms with van der Waals surface area (Å²) in [5.74, 6) is 0.692. The third kappa shape index (κ3) is 5.04. The molecule has 0 spiro atoms. The number of rotatable bonds is 7. The number of carbonyl (C=O) groups is 1. The van der Waals surface area contributed by atoms with Crippen molar-refractivity contribution in [3.05, 3.63) is 59.2 Å². The van der Waals surface area contributed by atoms with E-state index in [2.05, 4.69) is 34.5 Å². The zero-order valence-electron chi connectivity index (χ0n) is 17.0. The maximum Gasteiger partial charge on any atom is 0.261 e. The molecule has 0 bridgehead atoms. The van der Waals surface area contributed by atoms with Crippen LogP contribution in [0.25, 0.3) is 0 Å². The Morgan fingerprint density at radius 2 is 1.86 bits per heavy atom. The lowest BCUT2D eigenvalue weighted by Gasteiger charge is -2.29. The fourth-order valence-corrected chi connectivity index (χ4v) is 3.28. The number of hydrogen-bond donors (Lipinski definition) is 1. The fourth-order valence-electron chi connectivity index (χ4n) is 3.28. The molecule has 0 aliphatic carbocycles. The van der Waals surface area contributed by atoms with Crippen molar-refractivity contribution in [3.8, 4) is 5.75 Å². The molecule has 5 heteroatoms. The van der Waals surface area contributed by atoms with Crippen molar-refractivity contribution >= 4 is 11.6 Å². The van der Waals surface area contributed by atoms with Gasteiger partial charge < -0.3 is 19.7 Å². The lowest BCUT2D eigenvalue weighted by Crippen LogP contribution is -2.37. The number of nitrogens with zero attached hydrogens (tertiary/aromatic N) is 1. The molecule has 1 heterocycles. The van der Waals surface area contributed by atoms with Crippen molar-refractivity contribution in [2.24, 2.45) is 0 Å². The molecule has 1 atom stereocenters. The molecule has 0 radical (unpaired) electrons. The molecular weight excluding hydrogens is 352 g/mol. The van der Waals surface area contributed by atoms with E-state index in [1.807, 2.05) is 39.0 Å². The minimum absolute atomic E-state index is 0.0827. The quantitative estimate of drug-likeness (QED) is 0.795. The Kier molecular flexibility index (Phi) is 6.93. The summed E-state index contributed by atoms with van der Waals surface area (Å²) in [6.07, 6.45) is 0.128. The Morgan fingerprint density at radius 3 is 2.54 bits per heavy atom. The SMILES string of the molecule is CCC(Oc1cccc(C)c1C)C(=O)NCc1ccc(N2CCOCC2)cc1. The summed E-state index contributed by atoms with van der Waals surface area (Å²) < 4.78 is 11.4. The smallest absolute Gasteiger partial charge is 0.261 e. The van der Waals surface area contributed by atoms with Crippen molar-refractivity contribution < 1.29 is 14.3 Å². The van der Waals surface area contributed by atoms with Crippen LogP contribution in [-0.4, -0.2) is 38.3 Å². The first kappa shape index (κ1) is 20.2. The molecule has 0 saturated carbocycles. The van der Waals surface area contributed by atoms with Gasteiger partial charge in [-0.05, 0) is 55.2 Å². The standard InChI is InChI=1S/C23H30N2O3/c1-4-21(28-22-7-5-6-17(2)18(22)3)23(26)24-16-19-8-10-20(11-9-19)25-12-14-27-15-13-25/h5-11,21H,4,12-16H2,1-3H3,(H,24,26). The molecule has 28 heavy (non-hydrogen) atoms. The van der Waals surface area contributed by atoms with Gasteiger partial charge >= 0.3 is 0 Å². The number of morpholine rings is 1. The average Bonchev–Trinajstić information content (AvgIpc) is 2.74.